The third kappa shape index (κ3) is 4.15. The smallest absolute Gasteiger partial charge is 0.309 e. The van der Waals surface area contributed by atoms with E-state index in [4.69, 9.17) is 9.47 Å². The largest absolute Gasteiger partial charge is 0.481 e. The monoisotopic (exact) mass is 355 g/mol. The molecule has 2 aromatic carbocycles. The van der Waals surface area contributed by atoms with Crippen molar-refractivity contribution in [1.29, 1.82) is 0 Å². The molecule has 1 aliphatic heterocycles. The molecule has 0 bridgehead atoms. The van der Waals surface area contributed by atoms with Gasteiger partial charge in [0, 0.05) is 13.1 Å². The molecule has 1 atom stereocenters. The Labute approximate surface area is 153 Å². The van der Waals surface area contributed by atoms with Gasteiger partial charge < -0.3 is 14.4 Å². The first kappa shape index (κ1) is 18.2. The first-order valence-corrected chi connectivity index (χ1v) is 9.19. The number of ether oxygens (including phenoxy) is 2. The highest BCUT2D eigenvalue weighted by Gasteiger charge is 2.30. The summed E-state index contributed by atoms with van der Waals surface area (Å²) in [5.41, 5.74) is 0. The van der Waals surface area contributed by atoms with Gasteiger partial charge in [-0.05, 0) is 49.6 Å². The van der Waals surface area contributed by atoms with E-state index in [1.807, 2.05) is 49.4 Å². The van der Waals surface area contributed by atoms with Gasteiger partial charge in [-0.15, -0.1) is 0 Å². The van der Waals surface area contributed by atoms with E-state index in [-0.39, 0.29) is 17.8 Å². The van der Waals surface area contributed by atoms with Crippen LogP contribution in [0.1, 0.15) is 26.7 Å². The van der Waals surface area contributed by atoms with Crippen LogP contribution in [0.3, 0.4) is 0 Å². The predicted molar refractivity (Wildman–Crippen MR) is 100.0 cm³/mol. The molecular formula is C21H25NO4. The lowest BCUT2D eigenvalue weighted by Crippen LogP contribution is -2.45. The number of rotatable bonds is 5. The lowest BCUT2D eigenvalue weighted by molar-refractivity contribution is -0.152. The number of carbonyl (C=O) groups excluding carboxylic acids is 2. The van der Waals surface area contributed by atoms with Gasteiger partial charge in [-0.25, -0.2) is 0 Å². The van der Waals surface area contributed by atoms with Gasteiger partial charge in [0.25, 0.3) is 5.91 Å². The van der Waals surface area contributed by atoms with Crippen LogP contribution in [-0.2, 0) is 14.3 Å². The lowest BCUT2D eigenvalue weighted by Gasteiger charge is -2.32. The van der Waals surface area contributed by atoms with Crippen molar-refractivity contribution >= 4 is 22.6 Å². The van der Waals surface area contributed by atoms with Crippen molar-refractivity contribution in [3.05, 3.63) is 42.5 Å². The summed E-state index contributed by atoms with van der Waals surface area (Å²) in [6.45, 7) is 5.10. The maximum Gasteiger partial charge on any atom is 0.309 e. The average Bonchev–Trinajstić information content (AvgIpc) is 2.67. The molecule has 0 spiro atoms. The molecule has 1 saturated heterocycles. The number of carbonyl (C=O) groups is 2. The van der Waals surface area contributed by atoms with Crippen LogP contribution in [0.15, 0.2) is 42.5 Å². The number of amides is 1. The van der Waals surface area contributed by atoms with Gasteiger partial charge in [0.1, 0.15) is 5.75 Å². The lowest BCUT2D eigenvalue weighted by atomic mass is 9.97. The highest BCUT2D eigenvalue weighted by atomic mass is 16.5. The topological polar surface area (TPSA) is 55.8 Å². The van der Waals surface area contributed by atoms with Crippen LogP contribution in [0.25, 0.3) is 10.8 Å². The highest BCUT2D eigenvalue weighted by molar-refractivity contribution is 5.84. The molecule has 3 rings (SSSR count). The molecule has 1 amide bonds. The number of hydrogen-bond donors (Lipinski definition) is 0. The molecule has 0 saturated carbocycles. The van der Waals surface area contributed by atoms with Crippen molar-refractivity contribution in [2.24, 2.45) is 5.92 Å². The number of hydrogen-bond acceptors (Lipinski definition) is 4. The minimum atomic E-state index is -0.560. The minimum Gasteiger partial charge on any atom is -0.481 e. The molecule has 0 aliphatic carbocycles. The van der Waals surface area contributed by atoms with Gasteiger partial charge in [0.05, 0.1) is 12.5 Å². The number of likely N-dealkylation sites (tertiary alicyclic amines) is 1. The van der Waals surface area contributed by atoms with Crippen molar-refractivity contribution in [3.63, 3.8) is 0 Å². The van der Waals surface area contributed by atoms with Crippen LogP contribution in [0.5, 0.6) is 5.75 Å². The Kier molecular flexibility index (Phi) is 5.76. The van der Waals surface area contributed by atoms with Crippen LogP contribution < -0.4 is 4.74 Å². The molecule has 2 aromatic rings. The average molecular weight is 355 g/mol. The molecule has 0 unspecified atom stereocenters. The molecule has 26 heavy (non-hydrogen) atoms. The molecule has 0 aromatic heterocycles. The summed E-state index contributed by atoms with van der Waals surface area (Å²) in [6, 6.07) is 13.9. The molecular weight excluding hydrogens is 330 g/mol. The fourth-order valence-electron chi connectivity index (χ4n) is 3.35. The van der Waals surface area contributed by atoms with Crippen molar-refractivity contribution < 1.29 is 19.1 Å². The Morgan fingerprint density at radius 2 is 1.81 bits per heavy atom. The number of esters is 1. The first-order chi connectivity index (χ1) is 12.6. The molecule has 5 nitrogen and oxygen atoms in total. The Morgan fingerprint density at radius 3 is 2.50 bits per heavy atom. The van der Waals surface area contributed by atoms with Gasteiger partial charge >= 0.3 is 5.97 Å². The molecule has 1 aliphatic rings. The molecule has 1 fully saturated rings. The summed E-state index contributed by atoms with van der Waals surface area (Å²) in [6.07, 6.45) is 0.732. The van der Waals surface area contributed by atoms with Crippen LogP contribution in [-0.4, -0.2) is 42.6 Å². The van der Waals surface area contributed by atoms with Gasteiger partial charge in [-0.3, -0.25) is 9.59 Å². The molecule has 5 heteroatoms. The maximum absolute atomic E-state index is 12.7. The SMILES string of the molecule is CCOC(=O)C1CCN(C(=O)[C@@H](C)Oc2ccc3ccccc3c2)CC1. The van der Waals surface area contributed by atoms with Gasteiger partial charge in [0.2, 0.25) is 0 Å². The molecule has 138 valence electrons. The van der Waals surface area contributed by atoms with Gasteiger partial charge in [-0.1, -0.05) is 30.3 Å². The highest BCUT2D eigenvalue weighted by Crippen LogP contribution is 2.23. The van der Waals surface area contributed by atoms with Crippen LogP contribution in [0.4, 0.5) is 0 Å². The molecule has 0 N–H and O–H groups in total. The third-order valence-electron chi connectivity index (χ3n) is 4.81. The fraction of sp³-hybridized carbons (Fsp3) is 0.429. The number of fused-ring (bicyclic) bond motifs is 1. The standard InChI is InChI=1S/C21H25NO4/c1-3-25-21(24)17-10-12-22(13-11-17)20(23)15(2)26-19-9-8-16-6-4-5-7-18(16)14-19/h4-9,14-15,17H,3,10-13H2,1-2H3/t15-/m1/s1. The predicted octanol–water partition coefficient (Wildman–Crippen LogP) is 3.41. The quantitative estimate of drug-likeness (QED) is 0.771. The Balaban J connectivity index is 1.57. The second kappa shape index (κ2) is 8.21. The zero-order valence-corrected chi connectivity index (χ0v) is 15.3. The van der Waals surface area contributed by atoms with E-state index in [9.17, 15) is 9.59 Å². The second-order valence-corrected chi connectivity index (χ2v) is 6.62. The molecule has 1 heterocycles. The zero-order valence-electron chi connectivity index (χ0n) is 15.3. The van der Waals surface area contributed by atoms with Crippen molar-refractivity contribution in [1.82, 2.24) is 4.90 Å². The van der Waals surface area contributed by atoms with E-state index < -0.39 is 6.10 Å². The van der Waals surface area contributed by atoms with E-state index in [1.54, 1.807) is 11.8 Å². The van der Waals surface area contributed by atoms with Crippen LogP contribution >= 0.6 is 0 Å². The first-order valence-electron chi connectivity index (χ1n) is 9.19. The van der Waals surface area contributed by atoms with Crippen molar-refractivity contribution in [2.75, 3.05) is 19.7 Å². The number of piperidine rings is 1. The maximum atomic E-state index is 12.7. The van der Waals surface area contributed by atoms with Crippen LogP contribution in [0.2, 0.25) is 0 Å². The third-order valence-corrected chi connectivity index (χ3v) is 4.81. The number of benzene rings is 2. The normalized spacial score (nSPS) is 16.3. The van der Waals surface area contributed by atoms with Crippen molar-refractivity contribution in [2.45, 2.75) is 32.8 Å². The van der Waals surface area contributed by atoms with Gasteiger partial charge in [-0.2, -0.15) is 0 Å². The Bertz CT molecular complexity index is 780. The van der Waals surface area contributed by atoms with Crippen molar-refractivity contribution in [3.8, 4) is 5.75 Å². The summed E-state index contributed by atoms with van der Waals surface area (Å²) in [5.74, 6) is 0.391. The van der Waals surface area contributed by atoms with E-state index in [2.05, 4.69) is 0 Å². The summed E-state index contributed by atoms with van der Waals surface area (Å²) < 4.78 is 10.9. The van der Waals surface area contributed by atoms with E-state index >= 15 is 0 Å². The Morgan fingerprint density at radius 1 is 1.12 bits per heavy atom. The van der Waals surface area contributed by atoms with E-state index in [0.717, 1.165) is 10.8 Å². The van der Waals surface area contributed by atoms with E-state index in [1.165, 1.54) is 0 Å². The summed E-state index contributed by atoms with van der Waals surface area (Å²) >= 11 is 0. The van der Waals surface area contributed by atoms with E-state index in [0.29, 0.717) is 38.3 Å². The summed E-state index contributed by atoms with van der Waals surface area (Å²) in [7, 11) is 0. The summed E-state index contributed by atoms with van der Waals surface area (Å²) in [5, 5.41) is 2.22. The zero-order chi connectivity index (χ0) is 18.5. The molecule has 0 radical (unpaired) electrons. The fourth-order valence-corrected chi connectivity index (χ4v) is 3.35. The van der Waals surface area contributed by atoms with Gasteiger partial charge in [0.15, 0.2) is 6.10 Å². The van der Waals surface area contributed by atoms with Crippen LogP contribution in [0, 0.1) is 5.92 Å². The number of nitrogens with zero attached hydrogens (tertiary/aromatic N) is 1. The summed E-state index contributed by atoms with van der Waals surface area (Å²) in [4.78, 5) is 26.2. The Hall–Kier alpha value is -2.56. The minimum absolute atomic E-state index is 0.0412. The second-order valence-electron chi connectivity index (χ2n) is 6.62.